The number of carbonyl (C=O) groups excluding carboxylic acids is 1. The standard InChI is InChI=1S/C22H24ClN5O2/c1-15-20(21(26-30-15)17-5-3-4-6-18(17)23)22(29)25-14-16-7-8-24-19(13-16)28-11-9-27(2)10-12-28/h3-8,13H,9-12,14H2,1-2H3,(H,25,29). The molecule has 0 aliphatic carbocycles. The maximum atomic E-state index is 12.9. The summed E-state index contributed by atoms with van der Waals surface area (Å²) in [6.07, 6.45) is 1.79. The second-order valence-electron chi connectivity index (χ2n) is 7.44. The molecule has 7 nitrogen and oxygen atoms in total. The van der Waals surface area contributed by atoms with E-state index in [9.17, 15) is 4.79 Å². The Labute approximate surface area is 180 Å². The normalized spacial score (nSPS) is 14.7. The Balaban J connectivity index is 1.48. The van der Waals surface area contributed by atoms with Crippen molar-refractivity contribution < 1.29 is 9.32 Å². The van der Waals surface area contributed by atoms with Gasteiger partial charge in [0.25, 0.3) is 5.91 Å². The zero-order valence-electron chi connectivity index (χ0n) is 17.1. The van der Waals surface area contributed by atoms with Crippen LogP contribution >= 0.6 is 11.6 Å². The molecule has 0 radical (unpaired) electrons. The minimum absolute atomic E-state index is 0.248. The lowest BCUT2D eigenvalue weighted by molar-refractivity contribution is 0.0950. The fourth-order valence-corrected chi connectivity index (χ4v) is 3.75. The highest BCUT2D eigenvalue weighted by molar-refractivity contribution is 6.33. The molecule has 1 N–H and O–H groups in total. The summed E-state index contributed by atoms with van der Waals surface area (Å²) in [7, 11) is 2.13. The molecule has 1 aliphatic rings. The second-order valence-corrected chi connectivity index (χ2v) is 7.84. The van der Waals surface area contributed by atoms with Gasteiger partial charge in [-0.3, -0.25) is 4.79 Å². The number of aryl methyl sites for hydroxylation is 1. The van der Waals surface area contributed by atoms with E-state index in [2.05, 4.69) is 32.3 Å². The highest BCUT2D eigenvalue weighted by Gasteiger charge is 2.23. The van der Waals surface area contributed by atoms with Crippen LogP contribution in [0.2, 0.25) is 5.02 Å². The van der Waals surface area contributed by atoms with Crippen molar-refractivity contribution in [2.24, 2.45) is 0 Å². The van der Waals surface area contributed by atoms with Crippen molar-refractivity contribution in [3.63, 3.8) is 0 Å². The highest BCUT2D eigenvalue weighted by Crippen LogP contribution is 2.31. The molecule has 0 atom stereocenters. The van der Waals surface area contributed by atoms with E-state index < -0.39 is 0 Å². The fourth-order valence-electron chi connectivity index (χ4n) is 3.53. The number of benzene rings is 1. The molecule has 30 heavy (non-hydrogen) atoms. The van der Waals surface area contributed by atoms with Crippen molar-refractivity contribution in [2.45, 2.75) is 13.5 Å². The first-order valence-corrected chi connectivity index (χ1v) is 10.3. The van der Waals surface area contributed by atoms with E-state index >= 15 is 0 Å². The van der Waals surface area contributed by atoms with Crippen LogP contribution in [0.15, 0.2) is 47.1 Å². The maximum absolute atomic E-state index is 12.9. The van der Waals surface area contributed by atoms with Crippen LogP contribution in [-0.2, 0) is 6.54 Å². The van der Waals surface area contributed by atoms with Crippen LogP contribution in [0.5, 0.6) is 0 Å². The topological polar surface area (TPSA) is 74.5 Å². The molecule has 0 bridgehead atoms. The smallest absolute Gasteiger partial charge is 0.257 e. The average molecular weight is 426 g/mol. The molecule has 1 aliphatic heterocycles. The molecule has 0 spiro atoms. The van der Waals surface area contributed by atoms with Crippen molar-refractivity contribution in [3.8, 4) is 11.3 Å². The van der Waals surface area contributed by atoms with E-state index in [1.165, 1.54) is 0 Å². The molecule has 3 aromatic rings. The van der Waals surface area contributed by atoms with Gasteiger partial charge in [0.1, 0.15) is 22.8 Å². The first-order chi connectivity index (χ1) is 14.5. The summed E-state index contributed by atoms with van der Waals surface area (Å²) >= 11 is 6.29. The number of aromatic nitrogens is 2. The Bertz CT molecular complexity index is 1040. The molecule has 3 heterocycles. The predicted molar refractivity (Wildman–Crippen MR) is 117 cm³/mol. The molecule has 1 fully saturated rings. The van der Waals surface area contributed by atoms with Crippen LogP contribution in [0.1, 0.15) is 21.7 Å². The lowest BCUT2D eigenvalue weighted by Crippen LogP contribution is -2.44. The zero-order chi connectivity index (χ0) is 21.1. The monoisotopic (exact) mass is 425 g/mol. The Hall–Kier alpha value is -2.90. The van der Waals surface area contributed by atoms with Gasteiger partial charge < -0.3 is 19.6 Å². The number of halogens is 1. The van der Waals surface area contributed by atoms with Gasteiger partial charge in [0.15, 0.2) is 0 Å². The number of likely N-dealkylation sites (N-methyl/N-ethyl adjacent to an activating group) is 1. The predicted octanol–water partition coefficient (Wildman–Crippen LogP) is 3.38. The molecule has 0 saturated carbocycles. The molecule has 1 saturated heterocycles. The van der Waals surface area contributed by atoms with Crippen LogP contribution < -0.4 is 10.2 Å². The summed E-state index contributed by atoms with van der Waals surface area (Å²) in [5.41, 5.74) is 2.50. The third-order valence-electron chi connectivity index (χ3n) is 5.31. The third-order valence-corrected chi connectivity index (χ3v) is 5.64. The van der Waals surface area contributed by atoms with Crippen LogP contribution in [0.25, 0.3) is 11.3 Å². The third kappa shape index (κ3) is 4.32. The second kappa shape index (κ2) is 8.85. The summed E-state index contributed by atoms with van der Waals surface area (Å²) in [5.74, 6) is 1.14. The van der Waals surface area contributed by atoms with Crippen molar-refractivity contribution in [3.05, 3.63) is 64.5 Å². The summed E-state index contributed by atoms with van der Waals surface area (Å²) in [6, 6.07) is 11.2. The number of piperazine rings is 1. The van der Waals surface area contributed by atoms with E-state index in [4.69, 9.17) is 16.1 Å². The fraction of sp³-hybridized carbons (Fsp3) is 0.318. The van der Waals surface area contributed by atoms with Crippen LogP contribution in [-0.4, -0.2) is 54.2 Å². The summed E-state index contributed by atoms with van der Waals surface area (Å²) in [5, 5.41) is 7.56. The number of nitrogens with zero attached hydrogens (tertiary/aromatic N) is 4. The van der Waals surface area contributed by atoms with Crippen molar-refractivity contribution in [2.75, 3.05) is 38.1 Å². The Kier molecular flexibility index (Phi) is 6.01. The first kappa shape index (κ1) is 20.4. The van der Waals surface area contributed by atoms with E-state index in [0.29, 0.717) is 34.1 Å². The van der Waals surface area contributed by atoms with E-state index in [1.807, 2.05) is 30.3 Å². The summed E-state index contributed by atoms with van der Waals surface area (Å²) in [4.78, 5) is 22.0. The zero-order valence-corrected chi connectivity index (χ0v) is 17.8. The van der Waals surface area contributed by atoms with Gasteiger partial charge in [0.05, 0.1) is 5.02 Å². The van der Waals surface area contributed by atoms with Crippen molar-refractivity contribution in [1.82, 2.24) is 20.4 Å². The van der Waals surface area contributed by atoms with Gasteiger partial charge in [0.2, 0.25) is 0 Å². The number of hydrogen-bond donors (Lipinski definition) is 1. The number of hydrogen-bond acceptors (Lipinski definition) is 6. The summed E-state index contributed by atoms with van der Waals surface area (Å²) in [6.45, 7) is 6.02. The molecule has 1 amide bonds. The molecule has 2 aromatic heterocycles. The number of rotatable bonds is 5. The lowest BCUT2D eigenvalue weighted by atomic mass is 10.1. The molecule has 156 valence electrons. The van der Waals surface area contributed by atoms with Gasteiger partial charge >= 0.3 is 0 Å². The van der Waals surface area contributed by atoms with Crippen LogP contribution in [0, 0.1) is 6.92 Å². The number of nitrogens with one attached hydrogen (secondary N) is 1. The molecule has 4 rings (SSSR count). The van der Waals surface area contributed by atoms with Crippen LogP contribution in [0.4, 0.5) is 5.82 Å². The van der Waals surface area contributed by atoms with Gasteiger partial charge in [-0.25, -0.2) is 4.98 Å². The van der Waals surface area contributed by atoms with E-state index in [1.54, 1.807) is 19.2 Å². The first-order valence-electron chi connectivity index (χ1n) is 9.90. The lowest BCUT2D eigenvalue weighted by Gasteiger charge is -2.33. The van der Waals surface area contributed by atoms with E-state index in [-0.39, 0.29) is 5.91 Å². The molecule has 1 aromatic carbocycles. The van der Waals surface area contributed by atoms with Gasteiger partial charge in [-0.05, 0) is 37.7 Å². The number of carbonyl (C=O) groups is 1. The number of anilines is 1. The van der Waals surface area contributed by atoms with Crippen molar-refractivity contribution in [1.29, 1.82) is 0 Å². The van der Waals surface area contributed by atoms with Crippen molar-refractivity contribution >= 4 is 23.3 Å². The van der Waals surface area contributed by atoms with E-state index in [0.717, 1.165) is 37.6 Å². The molecular weight excluding hydrogens is 402 g/mol. The number of amides is 1. The molecular formula is C22H24ClN5O2. The van der Waals surface area contributed by atoms with Gasteiger partial charge in [-0.1, -0.05) is 35.0 Å². The van der Waals surface area contributed by atoms with Gasteiger partial charge in [0, 0.05) is 44.5 Å². The minimum atomic E-state index is -0.248. The highest BCUT2D eigenvalue weighted by atomic mass is 35.5. The Morgan fingerprint density at radius 3 is 2.73 bits per heavy atom. The van der Waals surface area contributed by atoms with Gasteiger partial charge in [-0.15, -0.1) is 0 Å². The average Bonchev–Trinajstić information content (AvgIpc) is 3.14. The van der Waals surface area contributed by atoms with Gasteiger partial charge in [-0.2, -0.15) is 0 Å². The number of pyridine rings is 1. The molecule has 8 heteroatoms. The maximum Gasteiger partial charge on any atom is 0.257 e. The Morgan fingerprint density at radius 2 is 1.97 bits per heavy atom. The summed E-state index contributed by atoms with van der Waals surface area (Å²) < 4.78 is 5.30. The minimum Gasteiger partial charge on any atom is -0.360 e. The van der Waals surface area contributed by atoms with Crippen LogP contribution in [0.3, 0.4) is 0 Å². The quantitative estimate of drug-likeness (QED) is 0.675. The largest absolute Gasteiger partial charge is 0.360 e. The SMILES string of the molecule is Cc1onc(-c2ccccc2Cl)c1C(=O)NCc1ccnc(N2CCN(C)CC2)c1. The Morgan fingerprint density at radius 1 is 1.20 bits per heavy atom. The molecule has 0 unspecified atom stereocenters.